The van der Waals surface area contributed by atoms with Crippen LogP contribution in [0.4, 0.5) is 4.79 Å². The Morgan fingerprint density at radius 3 is 2.71 bits per heavy atom. The van der Waals surface area contributed by atoms with Crippen molar-refractivity contribution in [2.75, 3.05) is 6.54 Å². The second-order valence-electron chi connectivity index (χ2n) is 8.33. The van der Waals surface area contributed by atoms with Gasteiger partial charge in [0.15, 0.2) is 0 Å². The number of para-hydroxylation sites is 2. The van der Waals surface area contributed by atoms with Crippen LogP contribution in [0, 0.1) is 5.92 Å². The van der Waals surface area contributed by atoms with Gasteiger partial charge in [0.2, 0.25) is 0 Å². The molecular formula is C21H25N5O2. The van der Waals surface area contributed by atoms with Gasteiger partial charge in [-0.2, -0.15) is 5.10 Å². The van der Waals surface area contributed by atoms with Crippen LogP contribution in [0.2, 0.25) is 0 Å². The molecule has 1 fully saturated rings. The summed E-state index contributed by atoms with van der Waals surface area (Å²) in [7, 11) is 0. The summed E-state index contributed by atoms with van der Waals surface area (Å²) < 4.78 is 7.27. The molecule has 0 spiro atoms. The third-order valence-electron chi connectivity index (χ3n) is 4.86. The van der Waals surface area contributed by atoms with Gasteiger partial charge in [-0.05, 0) is 51.7 Å². The molecule has 3 aromatic rings. The van der Waals surface area contributed by atoms with Crippen molar-refractivity contribution in [2.45, 2.75) is 45.3 Å². The summed E-state index contributed by atoms with van der Waals surface area (Å²) >= 11 is 0. The number of hydrogen-bond acceptors (Lipinski definition) is 5. The van der Waals surface area contributed by atoms with Gasteiger partial charge < -0.3 is 10.1 Å². The molecule has 0 bridgehead atoms. The number of benzene rings is 1. The predicted octanol–water partition coefficient (Wildman–Crippen LogP) is 3.97. The van der Waals surface area contributed by atoms with Gasteiger partial charge in [0.05, 0.1) is 35.2 Å². The van der Waals surface area contributed by atoms with Crippen molar-refractivity contribution in [3.63, 3.8) is 0 Å². The highest BCUT2D eigenvalue weighted by Gasteiger charge is 2.31. The van der Waals surface area contributed by atoms with Gasteiger partial charge in [-0.3, -0.25) is 9.67 Å². The van der Waals surface area contributed by atoms with E-state index in [-0.39, 0.29) is 6.09 Å². The van der Waals surface area contributed by atoms with Crippen LogP contribution < -0.4 is 5.32 Å². The van der Waals surface area contributed by atoms with Crippen molar-refractivity contribution in [2.24, 2.45) is 5.92 Å². The summed E-state index contributed by atoms with van der Waals surface area (Å²) in [5.41, 5.74) is 3.09. The first-order valence-corrected chi connectivity index (χ1v) is 9.60. The van der Waals surface area contributed by atoms with Crippen LogP contribution in [0.5, 0.6) is 0 Å². The molecule has 0 atom stereocenters. The van der Waals surface area contributed by atoms with Crippen molar-refractivity contribution in [1.29, 1.82) is 0 Å². The van der Waals surface area contributed by atoms with Gasteiger partial charge >= 0.3 is 6.09 Å². The first-order chi connectivity index (χ1) is 13.4. The third kappa shape index (κ3) is 4.13. The van der Waals surface area contributed by atoms with Crippen molar-refractivity contribution in [1.82, 2.24) is 25.1 Å². The molecule has 0 aliphatic heterocycles. The fourth-order valence-electron chi connectivity index (χ4n) is 3.39. The zero-order chi connectivity index (χ0) is 19.7. The van der Waals surface area contributed by atoms with E-state index in [1.54, 1.807) is 6.20 Å². The Bertz CT molecular complexity index is 986. The number of rotatable bonds is 4. The highest BCUT2D eigenvalue weighted by molar-refractivity contribution is 5.76. The first kappa shape index (κ1) is 18.4. The van der Waals surface area contributed by atoms with Crippen LogP contribution >= 0.6 is 0 Å². The van der Waals surface area contributed by atoms with E-state index in [2.05, 4.69) is 20.4 Å². The molecule has 1 aromatic carbocycles. The minimum atomic E-state index is -0.469. The average molecular weight is 379 g/mol. The average Bonchev–Trinajstić information content (AvgIpc) is 3.08. The monoisotopic (exact) mass is 379 g/mol. The Morgan fingerprint density at radius 1 is 1.21 bits per heavy atom. The lowest BCUT2D eigenvalue weighted by molar-refractivity contribution is 0.0498. The Morgan fingerprint density at radius 2 is 1.96 bits per heavy atom. The summed E-state index contributed by atoms with van der Waals surface area (Å²) in [5.74, 6) is 0.450. The maximum atomic E-state index is 11.7. The zero-order valence-electron chi connectivity index (χ0n) is 16.4. The number of ether oxygens (including phenoxy) is 1. The van der Waals surface area contributed by atoms with Gasteiger partial charge in [-0.25, -0.2) is 9.78 Å². The molecule has 1 aliphatic rings. The molecule has 0 radical (unpaired) electrons. The molecule has 7 heteroatoms. The molecular weight excluding hydrogens is 354 g/mol. The smallest absolute Gasteiger partial charge is 0.407 e. The molecule has 0 saturated heterocycles. The number of alkyl carbamates (subject to hydrolysis) is 1. The minimum absolute atomic E-state index is 0.354. The fraction of sp³-hybridized carbons (Fsp3) is 0.429. The molecule has 4 rings (SSSR count). The van der Waals surface area contributed by atoms with Gasteiger partial charge in [-0.1, -0.05) is 12.1 Å². The minimum Gasteiger partial charge on any atom is -0.444 e. The van der Waals surface area contributed by atoms with E-state index >= 15 is 0 Å². The number of amides is 1. The summed E-state index contributed by atoms with van der Waals surface area (Å²) in [6, 6.07) is 8.19. The Labute approximate surface area is 164 Å². The summed E-state index contributed by atoms with van der Waals surface area (Å²) in [6.45, 7) is 6.22. The summed E-state index contributed by atoms with van der Waals surface area (Å²) in [4.78, 5) is 20.9. The Kier molecular flexibility index (Phi) is 4.75. The van der Waals surface area contributed by atoms with E-state index in [0.29, 0.717) is 18.5 Å². The van der Waals surface area contributed by atoms with Gasteiger partial charge in [0.1, 0.15) is 5.60 Å². The van der Waals surface area contributed by atoms with Gasteiger partial charge in [-0.15, -0.1) is 0 Å². The maximum Gasteiger partial charge on any atom is 0.407 e. The third-order valence-corrected chi connectivity index (χ3v) is 4.86. The van der Waals surface area contributed by atoms with E-state index in [1.807, 2.05) is 62.1 Å². The Balaban J connectivity index is 1.32. The predicted molar refractivity (Wildman–Crippen MR) is 107 cm³/mol. The standard InChI is InChI=1S/C21H25N5O2/c1-21(2,3)28-20(27)23-10-14-8-16(9-14)26-13-15(11-24-26)19-12-22-17-6-4-5-7-18(17)25-19/h4-7,11-14,16H,8-10H2,1-3H3,(H,23,27). The number of fused-ring (bicyclic) bond motifs is 1. The van der Waals surface area contributed by atoms with E-state index in [4.69, 9.17) is 4.74 Å². The SMILES string of the molecule is CC(C)(C)OC(=O)NCC1CC(n2cc(-c3cnc4ccccc4n3)cn2)C1. The van der Waals surface area contributed by atoms with Crippen LogP contribution in [-0.2, 0) is 4.74 Å². The summed E-state index contributed by atoms with van der Waals surface area (Å²) in [5, 5.41) is 7.36. The topological polar surface area (TPSA) is 81.9 Å². The van der Waals surface area contributed by atoms with Crippen LogP contribution in [-0.4, -0.2) is 38.0 Å². The number of hydrogen-bond donors (Lipinski definition) is 1. The number of nitrogens with zero attached hydrogens (tertiary/aromatic N) is 4. The van der Waals surface area contributed by atoms with Crippen LogP contribution in [0.1, 0.15) is 39.7 Å². The molecule has 0 unspecified atom stereocenters. The molecule has 28 heavy (non-hydrogen) atoms. The largest absolute Gasteiger partial charge is 0.444 e. The number of carbonyl (C=O) groups excluding carboxylic acids is 1. The molecule has 1 amide bonds. The van der Waals surface area contributed by atoms with Gasteiger partial charge in [0.25, 0.3) is 0 Å². The summed E-state index contributed by atoms with van der Waals surface area (Å²) in [6.07, 6.45) is 7.28. The highest BCUT2D eigenvalue weighted by atomic mass is 16.6. The number of carbonyl (C=O) groups is 1. The first-order valence-electron chi connectivity index (χ1n) is 9.60. The molecule has 2 aromatic heterocycles. The van der Waals surface area contributed by atoms with Crippen molar-refractivity contribution in [3.8, 4) is 11.3 Å². The molecule has 146 valence electrons. The van der Waals surface area contributed by atoms with Crippen molar-refractivity contribution in [3.05, 3.63) is 42.9 Å². The molecule has 1 saturated carbocycles. The highest BCUT2D eigenvalue weighted by Crippen LogP contribution is 2.37. The molecule has 2 heterocycles. The zero-order valence-corrected chi connectivity index (χ0v) is 16.4. The van der Waals surface area contributed by atoms with Gasteiger partial charge in [0, 0.05) is 18.3 Å². The number of aromatic nitrogens is 4. The van der Waals surface area contributed by atoms with Crippen molar-refractivity contribution >= 4 is 17.1 Å². The molecule has 1 aliphatic carbocycles. The van der Waals surface area contributed by atoms with Crippen LogP contribution in [0.3, 0.4) is 0 Å². The lowest BCUT2D eigenvalue weighted by Crippen LogP contribution is -2.39. The Hall–Kier alpha value is -2.96. The van der Waals surface area contributed by atoms with E-state index in [0.717, 1.165) is 35.1 Å². The van der Waals surface area contributed by atoms with Crippen molar-refractivity contribution < 1.29 is 9.53 Å². The lowest BCUT2D eigenvalue weighted by atomic mass is 9.80. The van der Waals surface area contributed by atoms with E-state index in [9.17, 15) is 4.79 Å². The second kappa shape index (κ2) is 7.22. The maximum absolute atomic E-state index is 11.7. The normalized spacial score (nSPS) is 19.2. The fourth-order valence-corrected chi connectivity index (χ4v) is 3.39. The van der Waals surface area contributed by atoms with Crippen LogP contribution in [0.25, 0.3) is 22.3 Å². The number of nitrogens with one attached hydrogen (secondary N) is 1. The lowest BCUT2D eigenvalue weighted by Gasteiger charge is -2.35. The van der Waals surface area contributed by atoms with Crippen LogP contribution in [0.15, 0.2) is 42.9 Å². The molecule has 1 N–H and O–H groups in total. The van der Waals surface area contributed by atoms with E-state index in [1.165, 1.54) is 0 Å². The second-order valence-corrected chi connectivity index (χ2v) is 8.33. The quantitative estimate of drug-likeness (QED) is 0.742. The van der Waals surface area contributed by atoms with E-state index < -0.39 is 5.60 Å². The molecule has 7 nitrogen and oxygen atoms in total.